The van der Waals surface area contributed by atoms with Crippen molar-refractivity contribution in [2.75, 3.05) is 19.6 Å². The first-order valence-corrected chi connectivity index (χ1v) is 11.8. The van der Waals surface area contributed by atoms with Gasteiger partial charge in [0, 0.05) is 30.3 Å². The zero-order valence-corrected chi connectivity index (χ0v) is 21.9. The summed E-state index contributed by atoms with van der Waals surface area (Å²) in [7, 11) is 0. The standard InChI is InChI=1S/C26H31N7O2.ClH/c1-17-24(18(2)33-22(30-17)13-21(31-33)19-9-6-5-7-10-19)25(35)28-16-26(3,4)29-15-23(34)32-12-8-11-20(32)14-27;/h5-7,9-10,13,20,29H,8,11-12,15-16H2,1-4H3,(H,28,35);1H/t20-;/m0./s1. The molecule has 3 heterocycles. The van der Waals surface area contributed by atoms with E-state index in [1.165, 1.54) is 0 Å². The first-order valence-electron chi connectivity index (χ1n) is 11.8. The van der Waals surface area contributed by atoms with Crippen LogP contribution in [-0.4, -0.2) is 62.5 Å². The van der Waals surface area contributed by atoms with Crippen molar-refractivity contribution in [2.24, 2.45) is 0 Å². The summed E-state index contributed by atoms with van der Waals surface area (Å²) in [6.45, 7) is 8.57. The Balaban J connectivity index is 0.00000361. The summed E-state index contributed by atoms with van der Waals surface area (Å²) in [4.78, 5) is 31.9. The van der Waals surface area contributed by atoms with E-state index in [9.17, 15) is 14.9 Å². The highest BCUT2D eigenvalue weighted by Gasteiger charge is 2.30. The summed E-state index contributed by atoms with van der Waals surface area (Å²) in [5, 5.41) is 20.1. The Labute approximate surface area is 217 Å². The third-order valence-corrected chi connectivity index (χ3v) is 6.44. The molecule has 3 aromatic rings. The summed E-state index contributed by atoms with van der Waals surface area (Å²) in [5.41, 5.74) is 3.77. The molecule has 0 radical (unpaired) electrons. The highest BCUT2D eigenvalue weighted by Crippen LogP contribution is 2.22. The van der Waals surface area contributed by atoms with Gasteiger partial charge in [0.05, 0.1) is 35.3 Å². The van der Waals surface area contributed by atoms with E-state index >= 15 is 0 Å². The molecule has 2 aromatic heterocycles. The lowest BCUT2D eigenvalue weighted by Crippen LogP contribution is -2.53. The van der Waals surface area contributed by atoms with E-state index < -0.39 is 5.54 Å². The van der Waals surface area contributed by atoms with Crippen LogP contribution in [0.1, 0.15) is 48.4 Å². The van der Waals surface area contributed by atoms with Gasteiger partial charge in [-0.2, -0.15) is 10.4 Å². The zero-order valence-electron chi connectivity index (χ0n) is 21.0. The number of nitriles is 1. The Morgan fingerprint density at radius 2 is 1.94 bits per heavy atom. The predicted molar refractivity (Wildman–Crippen MR) is 140 cm³/mol. The number of amides is 2. The topological polar surface area (TPSA) is 115 Å². The number of benzene rings is 1. The number of hydrogen-bond acceptors (Lipinski definition) is 6. The van der Waals surface area contributed by atoms with Crippen molar-refractivity contribution in [3.63, 3.8) is 0 Å². The molecule has 0 bridgehead atoms. The summed E-state index contributed by atoms with van der Waals surface area (Å²) in [6.07, 6.45) is 1.57. The van der Waals surface area contributed by atoms with E-state index in [2.05, 4.69) is 26.8 Å². The monoisotopic (exact) mass is 509 g/mol. The van der Waals surface area contributed by atoms with Crippen molar-refractivity contribution in [1.82, 2.24) is 30.1 Å². The van der Waals surface area contributed by atoms with E-state index in [0.29, 0.717) is 35.7 Å². The molecule has 190 valence electrons. The smallest absolute Gasteiger partial charge is 0.255 e. The number of halogens is 1. The number of aromatic nitrogens is 3. The highest BCUT2D eigenvalue weighted by atomic mass is 35.5. The van der Waals surface area contributed by atoms with Gasteiger partial charge in [-0.3, -0.25) is 9.59 Å². The Bertz CT molecular complexity index is 1300. The van der Waals surface area contributed by atoms with E-state index in [0.717, 1.165) is 24.1 Å². The molecule has 2 amide bonds. The van der Waals surface area contributed by atoms with Gasteiger partial charge in [-0.15, -0.1) is 12.4 Å². The minimum atomic E-state index is -0.529. The first kappa shape index (κ1) is 27.1. The SMILES string of the molecule is Cc1nc2cc(-c3ccccc3)nn2c(C)c1C(=O)NCC(C)(C)NCC(=O)N1CCC[C@H]1C#N.Cl. The molecular formula is C26H32ClN7O2. The van der Waals surface area contributed by atoms with Gasteiger partial charge >= 0.3 is 0 Å². The molecule has 1 aliphatic heterocycles. The number of aryl methyl sites for hydroxylation is 2. The number of likely N-dealkylation sites (tertiary alicyclic amines) is 1. The average molecular weight is 510 g/mol. The van der Waals surface area contributed by atoms with Gasteiger partial charge in [-0.25, -0.2) is 9.50 Å². The summed E-state index contributed by atoms with van der Waals surface area (Å²) >= 11 is 0. The number of hydrogen-bond donors (Lipinski definition) is 2. The van der Waals surface area contributed by atoms with Crippen molar-refractivity contribution in [3.8, 4) is 17.3 Å². The van der Waals surface area contributed by atoms with Crippen molar-refractivity contribution in [3.05, 3.63) is 53.3 Å². The molecule has 1 aromatic carbocycles. The molecular weight excluding hydrogens is 478 g/mol. The normalized spacial score (nSPS) is 15.4. The molecule has 0 unspecified atom stereocenters. The minimum absolute atomic E-state index is 0. The number of nitrogens with zero attached hydrogens (tertiary/aromatic N) is 5. The Morgan fingerprint density at radius 3 is 2.64 bits per heavy atom. The Morgan fingerprint density at radius 1 is 1.22 bits per heavy atom. The number of carbonyl (C=O) groups is 2. The van der Waals surface area contributed by atoms with Crippen LogP contribution in [0.4, 0.5) is 0 Å². The molecule has 1 atom stereocenters. The van der Waals surface area contributed by atoms with Crippen LogP contribution in [-0.2, 0) is 4.79 Å². The van der Waals surface area contributed by atoms with E-state index in [-0.39, 0.29) is 36.8 Å². The number of fused-ring (bicyclic) bond motifs is 1. The molecule has 0 aliphatic carbocycles. The number of carbonyl (C=O) groups excluding carboxylic acids is 2. The second-order valence-electron chi connectivity index (χ2n) is 9.62. The zero-order chi connectivity index (χ0) is 25.2. The molecule has 4 rings (SSSR count). The molecule has 2 N–H and O–H groups in total. The second kappa shape index (κ2) is 11.1. The average Bonchev–Trinajstić information content (AvgIpc) is 3.49. The van der Waals surface area contributed by atoms with Gasteiger partial charge in [0.15, 0.2) is 5.65 Å². The highest BCUT2D eigenvalue weighted by molar-refractivity contribution is 5.96. The lowest BCUT2D eigenvalue weighted by Gasteiger charge is -2.28. The van der Waals surface area contributed by atoms with Crippen LogP contribution in [0.3, 0.4) is 0 Å². The molecule has 1 aliphatic rings. The van der Waals surface area contributed by atoms with Crippen LogP contribution in [0.5, 0.6) is 0 Å². The summed E-state index contributed by atoms with van der Waals surface area (Å²) < 4.78 is 1.70. The summed E-state index contributed by atoms with van der Waals surface area (Å²) in [5.74, 6) is -0.334. The lowest BCUT2D eigenvalue weighted by atomic mass is 10.0. The number of rotatable bonds is 7. The molecule has 0 saturated carbocycles. The Kier molecular flexibility index (Phi) is 8.33. The molecule has 1 saturated heterocycles. The Hall–Kier alpha value is -3.48. The third kappa shape index (κ3) is 5.66. The van der Waals surface area contributed by atoms with Crippen molar-refractivity contribution < 1.29 is 9.59 Å². The van der Waals surface area contributed by atoms with Gasteiger partial charge in [0.2, 0.25) is 5.91 Å². The van der Waals surface area contributed by atoms with Crippen molar-refractivity contribution >= 4 is 29.9 Å². The van der Waals surface area contributed by atoms with E-state index in [1.807, 2.05) is 64.1 Å². The first-order chi connectivity index (χ1) is 16.7. The maximum absolute atomic E-state index is 13.2. The fourth-order valence-corrected chi connectivity index (χ4v) is 4.44. The van der Waals surface area contributed by atoms with Crippen molar-refractivity contribution in [2.45, 2.75) is 52.1 Å². The molecule has 0 spiro atoms. The van der Waals surface area contributed by atoms with Crippen LogP contribution in [0.15, 0.2) is 36.4 Å². The molecule has 10 heteroatoms. The lowest BCUT2D eigenvalue weighted by molar-refractivity contribution is -0.130. The largest absolute Gasteiger partial charge is 0.350 e. The molecule has 36 heavy (non-hydrogen) atoms. The predicted octanol–water partition coefficient (Wildman–Crippen LogP) is 3.05. The minimum Gasteiger partial charge on any atom is -0.350 e. The van der Waals surface area contributed by atoms with Crippen LogP contribution < -0.4 is 10.6 Å². The fourth-order valence-electron chi connectivity index (χ4n) is 4.44. The van der Waals surface area contributed by atoms with Crippen LogP contribution in [0.2, 0.25) is 0 Å². The van der Waals surface area contributed by atoms with Gasteiger partial charge in [-0.1, -0.05) is 30.3 Å². The fraction of sp³-hybridized carbons (Fsp3) is 0.423. The van der Waals surface area contributed by atoms with Crippen LogP contribution >= 0.6 is 12.4 Å². The molecule has 1 fully saturated rings. The summed E-state index contributed by atoms with van der Waals surface area (Å²) in [6, 6.07) is 13.6. The molecule has 9 nitrogen and oxygen atoms in total. The van der Waals surface area contributed by atoms with Crippen molar-refractivity contribution in [1.29, 1.82) is 5.26 Å². The second-order valence-corrected chi connectivity index (χ2v) is 9.62. The quantitative estimate of drug-likeness (QED) is 0.505. The van der Waals surface area contributed by atoms with Gasteiger partial charge in [-0.05, 0) is 40.5 Å². The van der Waals surface area contributed by atoms with E-state index in [1.54, 1.807) is 9.42 Å². The van der Waals surface area contributed by atoms with Gasteiger partial charge in [0.25, 0.3) is 5.91 Å². The van der Waals surface area contributed by atoms with Crippen LogP contribution in [0.25, 0.3) is 16.9 Å². The maximum atomic E-state index is 13.2. The number of nitrogens with one attached hydrogen (secondary N) is 2. The van der Waals surface area contributed by atoms with Gasteiger partial charge in [0.1, 0.15) is 6.04 Å². The van der Waals surface area contributed by atoms with Gasteiger partial charge < -0.3 is 15.5 Å². The van der Waals surface area contributed by atoms with E-state index in [4.69, 9.17) is 0 Å². The van der Waals surface area contributed by atoms with Crippen LogP contribution in [0, 0.1) is 25.2 Å². The maximum Gasteiger partial charge on any atom is 0.255 e. The third-order valence-electron chi connectivity index (χ3n) is 6.44.